The Hall–Kier alpha value is -0.570. The number of hydrogen-bond donors (Lipinski definition) is 1. The van der Waals surface area contributed by atoms with Crippen molar-refractivity contribution in [2.45, 2.75) is 50.8 Å². The molecule has 0 radical (unpaired) electrons. The van der Waals surface area contributed by atoms with E-state index in [1.807, 2.05) is 19.2 Å². The van der Waals surface area contributed by atoms with E-state index < -0.39 is 0 Å². The standard InChI is InChI=1S/C15H22ClNO/c1-11(10-12-6-8-13(16)9-7-12)17-14-4-3-5-15(14)18-2/h6-9,11,14-15,17H,3-5,10H2,1-2H3. The summed E-state index contributed by atoms with van der Waals surface area (Å²) in [5, 5.41) is 4.49. The van der Waals surface area contributed by atoms with Gasteiger partial charge in [-0.1, -0.05) is 23.7 Å². The highest BCUT2D eigenvalue weighted by molar-refractivity contribution is 6.30. The number of nitrogens with one attached hydrogen (secondary N) is 1. The minimum absolute atomic E-state index is 0.387. The van der Waals surface area contributed by atoms with E-state index in [2.05, 4.69) is 24.4 Å². The second kappa shape index (κ2) is 6.55. The first-order chi connectivity index (χ1) is 8.69. The quantitative estimate of drug-likeness (QED) is 0.883. The van der Waals surface area contributed by atoms with Crippen molar-refractivity contribution in [2.24, 2.45) is 0 Å². The molecule has 100 valence electrons. The van der Waals surface area contributed by atoms with Crippen LogP contribution in [0.1, 0.15) is 31.7 Å². The second-order valence-electron chi connectivity index (χ2n) is 5.21. The molecule has 1 aliphatic carbocycles. The minimum atomic E-state index is 0.387. The highest BCUT2D eigenvalue weighted by Crippen LogP contribution is 2.22. The van der Waals surface area contributed by atoms with Crippen LogP contribution in [0.3, 0.4) is 0 Å². The van der Waals surface area contributed by atoms with E-state index >= 15 is 0 Å². The molecule has 1 aromatic rings. The molecule has 3 heteroatoms. The smallest absolute Gasteiger partial charge is 0.0724 e. The van der Waals surface area contributed by atoms with E-state index in [4.69, 9.17) is 16.3 Å². The normalized spacial score (nSPS) is 25.3. The van der Waals surface area contributed by atoms with Gasteiger partial charge in [0.1, 0.15) is 0 Å². The molecule has 0 spiro atoms. The van der Waals surface area contributed by atoms with E-state index in [0.29, 0.717) is 18.2 Å². The van der Waals surface area contributed by atoms with Gasteiger partial charge in [-0.2, -0.15) is 0 Å². The maximum atomic E-state index is 5.89. The highest BCUT2D eigenvalue weighted by Gasteiger charge is 2.27. The van der Waals surface area contributed by atoms with Gasteiger partial charge in [-0.3, -0.25) is 0 Å². The van der Waals surface area contributed by atoms with Crippen LogP contribution in [0.25, 0.3) is 0 Å². The fourth-order valence-electron chi connectivity index (χ4n) is 2.80. The number of rotatable bonds is 5. The molecular weight excluding hydrogens is 246 g/mol. The van der Waals surface area contributed by atoms with Crippen molar-refractivity contribution in [1.29, 1.82) is 0 Å². The van der Waals surface area contributed by atoms with Crippen LogP contribution in [0.2, 0.25) is 5.02 Å². The number of methoxy groups -OCH3 is 1. The topological polar surface area (TPSA) is 21.3 Å². The van der Waals surface area contributed by atoms with Crippen molar-refractivity contribution in [3.8, 4) is 0 Å². The third-order valence-corrected chi connectivity index (χ3v) is 3.96. The van der Waals surface area contributed by atoms with Crippen LogP contribution >= 0.6 is 11.6 Å². The van der Waals surface area contributed by atoms with Crippen LogP contribution in [0.4, 0.5) is 0 Å². The summed E-state index contributed by atoms with van der Waals surface area (Å²) < 4.78 is 5.51. The summed E-state index contributed by atoms with van der Waals surface area (Å²) in [5.74, 6) is 0. The summed E-state index contributed by atoms with van der Waals surface area (Å²) in [4.78, 5) is 0. The van der Waals surface area contributed by atoms with Gasteiger partial charge in [0.05, 0.1) is 6.10 Å². The molecule has 3 unspecified atom stereocenters. The van der Waals surface area contributed by atoms with E-state index in [0.717, 1.165) is 11.4 Å². The van der Waals surface area contributed by atoms with Crippen LogP contribution in [0.5, 0.6) is 0 Å². The molecule has 2 rings (SSSR count). The number of ether oxygens (including phenoxy) is 1. The number of hydrogen-bond acceptors (Lipinski definition) is 2. The largest absolute Gasteiger partial charge is 0.380 e. The Kier molecular flexibility index (Phi) is 5.04. The first-order valence-electron chi connectivity index (χ1n) is 6.72. The zero-order valence-corrected chi connectivity index (χ0v) is 11.9. The second-order valence-corrected chi connectivity index (χ2v) is 5.65. The van der Waals surface area contributed by atoms with Crippen LogP contribution in [-0.4, -0.2) is 25.3 Å². The van der Waals surface area contributed by atoms with E-state index in [1.54, 1.807) is 0 Å². The Morgan fingerprint density at radius 1 is 1.33 bits per heavy atom. The van der Waals surface area contributed by atoms with E-state index in [1.165, 1.54) is 24.8 Å². The Labute approximate surface area is 115 Å². The Balaban J connectivity index is 1.84. The monoisotopic (exact) mass is 267 g/mol. The van der Waals surface area contributed by atoms with Gasteiger partial charge in [0.25, 0.3) is 0 Å². The predicted molar refractivity (Wildman–Crippen MR) is 76.2 cm³/mol. The Bertz CT molecular complexity index is 365. The maximum Gasteiger partial charge on any atom is 0.0724 e. The molecule has 0 amide bonds. The maximum absolute atomic E-state index is 5.89. The van der Waals surface area contributed by atoms with Gasteiger partial charge in [0, 0.05) is 24.2 Å². The molecule has 1 aromatic carbocycles. The summed E-state index contributed by atoms with van der Waals surface area (Å²) in [6.45, 7) is 2.24. The van der Waals surface area contributed by atoms with Gasteiger partial charge in [0.15, 0.2) is 0 Å². The molecule has 0 aromatic heterocycles. The summed E-state index contributed by atoms with van der Waals surface area (Å²) >= 11 is 5.89. The average molecular weight is 268 g/mol. The van der Waals surface area contributed by atoms with E-state index in [-0.39, 0.29) is 0 Å². The first kappa shape index (κ1) is 13.9. The van der Waals surface area contributed by atoms with Crippen LogP contribution in [0, 0.1) is 0 Å². The Morgan fingerprint density at radius 3 is 2.72 bits per heavy atom. The molecule has 0 saturated heterocycles. The molecule has 2 nitrogen and oxygen atoms in total. The van der Waals surface area contributed by atoms with Crippen molar-refractivity contribution < 1.29 is 4.74 Å². The minimum Gasteiger partial charge on any atom is -0.380 e. The summed E-state index contributed by atoms with van der Waals surface area (Å²) in [5.41, 5.74) is 1.33. The van der Waals surface area contributed by atoms with Crippen molar-refractivity contribution in [3.05, 3.63) is 34.9 Å². The Morgan fingerprint density at radius 2 is 2.06 bits per heavy atom. The van der Waals surface area contributed by atoms with Gasteiger partial charge >= 0.3 is 0 Å². The van der Waals surface area contributed by atoms with Crippen molar-refractivity contribution in [1.82, 2.24) is 5.32 Å². The molecule has 1 saturated carbocycles. The van der Waals surface area contributed by atoms with Crippen LogP contribution in [0.15, 0.2) is 24.3 Å². The molecule has 3 atom stereocenters. The summed E-state index contributed by atoms with van der Waals surface area (Å²) in [6, 6.07) is 9.09. The fraction of sp³-hybridized carbons (Fsp3) is 0.600. The number of halogens is 1. The third-order valence-electron chi connectivity index (χ3n) is 3.71. The lowest BCUT2D eigenvalue weighted by molar-refractivity contribution is 0.0820. The van der Waals surface area contributed by atoms with E-state index in [9.17, 15) is 0 Å². The van der Waals surface area contributed by atoms with Crippen LogP contribution < -0.4 is 5.32 Å². The fourth-order valence-corrected chi connectivity index (χ4v) is 2.92. The molecule has 0 heterocycles. The first-order valence-corrected chi connectivity index (χ1v) is 7.10. The summed E-state index contributed by atoms with van der Waals surface area (Å²) in [7, 11) is 1.81. The SMILES string of the molecule is COC1CCCC1NC(C)Cc1ccc(Cl)cc1. The molecule has 1 aliphatic rings. The lowest BCUT2D eigenvalue weighted by Crippen LogP contribution is -2.42. The van der Waals surface area contributed by atoms with Gasteiger partial charge in [-0.15, -0.1) is 0 Å². The molecule has 0 bridgehead atoms. The van der Waals surface area contributed by atoms with Crippen LogP contribution in [-0.2, 0) is 11.2 Å². The molecule has 1 N–H and O–H groups in total. The number of benzene rings is 1. The van der Waals surface area contributed by atoms with Gasteiger partial charge < -0.3 is 10.1 Å². The van der Waals surface area contributed by atoms with Gasteiger partial charge in [0.2, 0.25) is 0 Å². The zero-order chi connectivity index (χ0) is 13.0. The van der Waals surface area contributed by atoms with Crippen molar-refractivity contribution >= 4 is 11.6 Å². The lowest BCUT2D eigenvalue weighted by atomic mass is 10.1. The molecular formula is C15H22ClNO. The lowest BCUT2D eigenvalue weighted by Gasteiger charge is -2.24. The summed E-state index contributed by atoms with van der Waals surface area (Å²) in [6.07, 6.45) is 5.09. The zero-order valence-electron chi connectivity index (χ0n) is 11.2. The predicted octanol–water partition coefficient (Wildman–Crippen LogP) is 3.43. The molecule has 18 heavy (non-hydrogen) atoms. The average Bonchev–Trinajstić information content (AvgIpc) is 2.79. The third kappa shape index (κ3) is 3.71. The van der Waals surface area contributed by atoms with Crippen molar-refractivity contribution in [3.63, 3.8) is 0 Å². The van der Waals surface area contributed by atoms with Gasteiger partial charge in [-0.25, -0.2) is 0 Å². The molecule has 1 fully saturated rings. The van der Waals surface area contributed by atoms with Gasteiger partial charge in [-0.05, 0) is 50.3 Å². The van der Waals surface area contributed by atoms with Crippen molar-refractivity contribution in [2.75, 3.05) is 7.11 Å². The molecule has 0 aliphatic heterocycles. The highest BCUT2D eigenvalue weighted by atomic mass is 35.5.